The highest BCUT2D eigenvalue weighted by Gasteiger charge is 2.38. The molecule has 4 nitrogen and oxygen atoms in total. The number of nitrogens with zero attached hydrogens (tertiary/aromatic N) is 1. The molecule has 2 rings (SSSR count). The third-order valence-electron chi connectivity index (χ3n) is 5.13. The van der Waals surface area contributed by atoms with Crippen LogP contribution in [0.25, 0.3) is 0 Å². The maximum Gasteiger partial charge on any atom is 0.237 e. The van der Waals surface area contributed by atoms with Crippen LogP contribution in [-0.2, 0) is 4.79 Å². The number of nitrogens with two attached hydrogens (primary N) is 2. The fraction of sp³-hybridized carbons (Fsp3) is 0.933. The number of fused-ring (bicyclic) bond motifs is 1. The first-order valence-corrected chi connectivity index (χ1v) is 7.76. The Hall–Kier alpha value is -0.610. The number of rotatable bonds is 4. The van der Waals surface area contributed by atoms with Gasteiger partial charge in [-0.2, -0.15) is 0 Å². The highest BCUT2D eigenvalue weighted by atomic mass is 16.1. The Morgan fingerprint density at radius 1 is 1.32 bits per heavy atom. The van der Waals surface area contributed by atoms with Gasteiger partial charge in [-0.1, -0.05) is 12.8 Å². The van der Waals surface area contributed by atoms with Gasteiger partial charge in [0.05, 0.1) is 5.54 Å². The van der Waals surface area contributed by atoms with Crippen molar-refractivity contribution < 1.29 is 4.79 Å². The summed E-state index contributed by atoms with van der Waals surface area (Å²) >= 11 is 0. The SMILES string of the molecule is CC(CC(C)(N)C(N)=O)N1CCC[C@H]2CCCC[C@H]21. The van der Waals surface area contributed by atoms with Crippen molar-refractivity contribution in [3.63, 3.8) is 0 Å². The van der Waals surface area contributed by atoms with Crippen molar-refractivity contribution in [2.45, 2.75) is 76.4 Å². The molecule has 2 fully saturated rings. The second-order valence-electron chi connectivity index (χ2n) is 6.83. The van der Waals surface area contributed by atoms with Crippen LogP contribution in [0.3, 0.4) is 0 Å². The molecular formula is C15H29N3O. The van der Waals surface area contributed by atoms with Crippen molar-refractivity contribution in [3.8, 4) is 0 Å². The van der Waals surface area contributed by atoms with Crippen LogP contribution in [-0.4, -0.2) is 35.0 Å². The van der Waals surface area contributed by atoms with E-state index in [1.807, 2.05) is 0 Å². The number of likely N-dealkylation sites (tertiary alicyclic amines) is 1. The molecule has 19 heavy (non-hydrogen) atoms. The average Bonchev–Trinajstić information content (AvgIpc) is 2.37. The van der Waals surface area contributed by atoms with Gasteiger partial charge in [-0.05, 0) is 58.4 Å². The largest absolute Gasteiger partial charge is 0.368 e. The van der Waals surface area contributed by atoms with Crippen LogP contribution < -0.4 is 11.5 Å². The van der Waals surface area contributed by atoms with E-state index in [1.54, 1.807) is 6.92 Å². The van der Waals surface area contributed by atoms with Gasteiger partial charge in [-0.25, -0.2) is 0 Å². The summed E-state index contributed by atoms with van der Waals surface area (Å²) in [5.74, 6) is 0.471. The summed E-state index contributed by atoms with van der Waals surface area (Å²) in [7, 11) is 0. The minimum atomic E-state index is -0.888. The van der Waals surface area contributed by atoms with E-state index in [0.29, 0.717) is 18.5 Å². The van der Waals surface area contributed by atoms with E-state index in [-0.39, 0.29) is 0 Å². The lowest BCUT2D eigenvalue weighted by molar-refractivity contribution is -0.123. The molecule has 1 saturated heterocycles. The summed E-state index contributed by atoms with van der Waals surface area (Å²) in [6, 6.07) is 1.05. The first kappa shape index (κ1) is 14.8. The van der Waals surface area contributed by atoms with Crippen molar-refractivity contribution >= 4 is 5.91 Å². The molecule has 0 radical (unpaired) electrons. The van der Waals surface area contributed by atoms with Crippen molar-refractivity contribution in [1.82, 2.24) is 4.90 Å². The Labute approximate surface area is 116 Å². The number of amides is 1. The van der Waals surface area contributed by atoms with Gasteiger partial charge in [0, 0.05) is 12.1 Å². The number of primary amides is 1. The molecule has 2 aliphatic rings. The Balaban J connectivity index is 2.01. The number of carbonyl (C=O) groups excluding carboxylic acids is 1. The lowest BCUT2D eigenvalue weighted by atomic mass is 9.77. The van der Waals surface area contributed by atoms with Crippen LogP contribution in [0, 0.1) is 5.92 Å². The Morgan fingerprint density at radius 2 is 1.95 bits per heavy atom. The molecule has 4 heteroatoms. The van der Waals surface area contributed by atoms with Crippen molar-refractivity contribution in [2.24, 2.45) is 17.4 Å². The molecule has 0 aromatic rings. The third kappa shape index (κ3) is 3.29. The van der Waals surface area contributed by atoms with Crippen LogP contribution in [0.4, 0.5) is 0 Å². The van der Waals surface area contributed by atoms with E-state index < -0.39 is 11.4 Å². The molecule has 0 bridgehead atoms. The van der Waals surface area contributed by atoms with E-state index in [1.165, 1.54) is 38.5 Å². The summed E-state index contributed by atoms with van der Waals surface area (Å²) in [6.07, 6.45) is 8.74. The van der Waals surface area contributed by atoms with Crippen LogP contribution in [0.15, 0.2) is 0 Å². The Morgan fingerprint density at radius 3 is 2.63 bits per heavy atom. The predicted molar refractivity (Wildman–Crippen MR) is 77.6 cm³/mol. The lowest BCUT2D eigenvalue weighted by Gasteiger charge is -2.48. The molecule has 1 heterocycles. The molecular weight excluding hydrogens is 238 g/mol. The smallest absolute Gasteiger partial charge is 0.237 e. The predicted octanol–water partition coefficient (Wildman–Crippen LogP) is 1.62. The van der Waals surface area contributed by atoms with Gasteiger partial charge < -0.3 is 11.5 Å². The van der Waals surface area contributed by atoms with Crippen LogP contribution in [0.2, 0.25) is 0 Å². The second-order valence-corrected chi connectivity index (χ2v) is 6.83. The zero-order valence-corrected chi connectivity index (χ0v) is 12.4. The topological polar surface area (TPSA) is 72.3 Å². The van der Waals surface area contributed by atoms with Gasteiger partial charge >= 0.3 is 0 Å². The minimum absolute atomic E-state index is 0.341. The zero-order valence-electron chi connectivity index (χ0n) is 12.4. The van der Waals surface area contributed by atoms with Crippen LogP contribution in [0.1, 0.15) is 58.8 Å². The third-order valence-corrected chi connectivity index (χ3v) is 5.13. The molecule has 1 saturated carbocycles. The monoisotopic (exact) mass is 267 g/mol. The van der Waals surface area contributed by atoms with Gasteiger partial charge in [0.2, 0.25) is 5.91 Å². The molecule has 1 aliphatic carbocycles. The van der Waals surface area contributed by atoms with Crippen molar-refractivity contribution in [3.05, 3.63) is 0 Å². The lowest BCUT2D eigenvalue weighted by Crippen LogP contribution is -2.57. The van der Waals surface area contributed by atoms with Gasteiger partial charge in [0.25, 0.3) is 0 Å². The quantitative estimate of drug-likeness (QED) is 0.813. The van der Waals surface area contributed by atoms with Gasteiger partial charge in [-0.3, -0.25) is 9.69 Å². The van der Waals surface area contributed by atoms with Crippen molar-refractivity contribution in [2.75, 3.05) is 6.54 Å². The molecule has 110 valence electrons. The summed E-state index contributed by atoms with van der Waals surface area (Å²) in [5, 5.41) is 0. The van der Waals surface area contributed by atoms with E-state index in [2.05, 4.69) is 11.8 Å². The second kappa shape index (κ2) is 5.80. The normalized spacial score (nSPS) is 33.2. The fourth-order valence-corrected chi connectivity index (χ4v) is 4.04. The summed E-state index contributed by atoms with van der Waals surface area (Å²) in [4.78, 5) is 14.0. The molecule has 4 atom stereocenters. The fourth-order valence-electron chi connectivity index (χ4n) is 4.04. The maximum atomic E-state index is 11.4. The zero-order chi connectivity index (χ0) is 14.0. The molecule has 0 aromatic heterocycles. The summed E-state index contributed by atoms with van der Waals surface area (Å²) < 4.78 is 0. The highest BCUT2D eigenvalue weighted by Crippen LogP contribution is 2.37. The average molecular weight is 267 g/mol. The van der Waals surface area contributed by atoms with Crippen LogP contribution in [0.5, 0.6) is 0 Å². The number of piperidine rings is 1. The van der Waals surface area contributed by atoms with E-state index in [4.69, 9.17) is 11.5 Å². The van der Waals surface area contributed by atoms with Gasteiger partial charge in [0.15, 0.2) is 0 Å². The molecule has 0 spiro atoms. The molecule has 1 amide bonds. The van der Waals surface area contributed by atoms with Crippen molar-refractivity contribution in [1.29, 1.82) is 0 Å². The molecule has 1 aliphatic heterocycles. The number of hydrogen-bond acceptors (Lipinski definition) is 3. The van der Waals surface area contributed by atoms with E-state index in [9.17, 15) is 4.79 Å². The molecule has 0 aromatic carbocycles. The highest BCUT2D eigenvalue weighted by molar-refractivity contribution is 5.83. The van der Waals surface area contributed by atoms with Gasteiger partial charge in [-0.15, -0.1) is 0 Å². The number of hydrogen-bond donors (Lipinski definition) is 2. The standard InChI is InChI=1S/C15H29N3O/c1-11(10-15(2,17)14(16)19)18-9-5-7-12-6-3-4-8-13(12)18/h11-13H,3-10,17H2,1-2H3,(H2,16,19)/t11?,12-,13-,15?/m1/s1. The van der Waals surface area contributed by atoms with E-state index in [0.717, 1.165) is 12.5 Å². The van der Waals surface area contributed by atoms with Crippen LogP contribution >= 0.6 is 0 Å². The Bertz CT molecular complexity index is 327. The first-order chi connectivity index (χ1) is 8.92. The Kier molecular flexibility index (Phi) is 4.51. The summed E-state index contributed by atoms with van der Waals surface area (Å²) in [6.45, 7) is 5.11. The molecule has 4 N–H and O–H groups in total. The number of carbonyl (C=O) groups is 1. The first-order valence-electron chi connectivity index (χ1n) is 7.76. The van der Waals surface area contributed by atoms with E-state index >= 15 is 0 Å². The minimum Gasteiger partial charge on any atom is -0.368 e. The summed E-state index contributed by atoms with van der Waals surface area (Å²) in [5.41, 5.74) is 10.5. The van der Waals surface area contributed by atoms with Gasteiger partial charge in [0.1, 0.15) is 0 Å². The maximum absolute atomic E-state index is 11.4. The molecule has 2 unspecified atom stereocenters.